The fourth-order valence-electron chi connectivity index (χ4n) is 9.36. The molecule has 8 saturated carbocycles. The van der Waals surface area contributed by atoms with Gasteiger partial charge in [-0.25, -0.2) is 0 Å². The molecule has 130 valence electrons. The molecule has 2 N–H and O–H groups in total. The molecular weight excluding hydrogens is 292 g/mol. The Labute approximate surface area is 146 Å². The van der Waals surface area contributed by atoms with Crippen molar-refractivity contribution in [2.75, 3.05) is 0 Å². The summed E-state index contributed by atoms with van der Waals surface area (Å²) in [6.07, 6.45) is 16.2. The van der Waals surface area contributed by atoms with Gasteiger partial charge in [0.25, 0.3) is 0 Å². The molecule has 0 saturated heterocycles. The molecule has 0 amide bonds. The Morgan fingerprint density at radius 2 is 0.667 bits per heavy atom. The van der Waals surface area contributed by atoms with Crippen LogP contribution in [0, 0.1) is 57.2 Å². The Morgan fingerprint density at radius 1 is 0.458 bits per heavy atom. The van der Waals surface area contributed by atoms with Crippen molar-refractivity contribution in [3.8, 4) is 0 Å². The van der Waals surface area contributed by atoms with Crippen LogP contribution >= 0.6 is 0 Å². The van der Waals surface area contributed by atoms with Crippen LogP contribution in [0.2, 0.25) is 0 Å². The Kier molecular flexibility index (Phi) is 2.74. The van der Waals surface area contributed by atoms with Crippen molar-refractivity contribution in [2.45, 2.75) is 77.0 Å². The van der Waals surface area contributed by atoms with Crippen molar-refractivity contribution in [3.63, 3.8) is 0 Å². The lowest BCUT2D eigenvalue weighted by atomic mass is 9.44. The van der Waals surface area contributed by atoms with Gasteiger partial charge in [0.05, 0.1) is 11.4 Å². The summed E-state index contributed by atoms with van der Waals surface area (Å²) in [4.78, 5) is 0. The summed E-state index contributed by atoms with van der Waals surface area (Å²) in [6, 6.07) is 0. The summed E-state index contributed by atoms with van der Waals surface area (Å²) in [7, 11) is 0. The molecule has 0 aromatic heterocycles. The third kappa shape index (κ3) is 1.84. The zero-order valence-corrected chi connectivity index (χ0v) is 14.9. The molecule has 8 aliphatic rings. The van der Waals surface area contributed by atoms with E-state index >= 15 is 0 Å². The van der Waals surface area contributed by atoms with Crippen LogP contribution in [-0.2, 0) is 0 Å². The van der Waals surface area contributed by atoms with Crippen molar-refractivity contribution in [1.82, 2.24) is 0 Å². The van der Waals surface area contributed by atoms with E-state index < -0.39 is 0 Å². The quantitative estimate of drug-likeness (QED) is 0.648. The summed E-state index contributed by atoms with van der Waals surface area (Å²) in [6.45, 7) is 0. The second-order valence-electron chi connectivity index (χ2n) is 11.1. The van der Waals surface area contributed by atoms with Gasteiger partial charge in [0.15, 0.2) is 0 Å². The lowest BCUT2D eigenvalue weighted by Crippen LogP contribution is -2.57. The lowest BCUT2D eigenvalue weighted by Gasteiger charge is -2.60. The monoisotopic (exact) mass is 324 g/mol. The molecule has 24 heavy (non-hydrogen) atoms. The van der Waals surface area contributed by atoms with Gasteiger partial charge in [-0.15, -0.1) is 0 Å². The Morgan fingerprint density at radius 3 is 0.875 bits per heavy atom. The normalized spacial score (nSPS) is 56.7. The van der Waals surface area contributed by atoms with Crippen LogP contribution in [-0.4, -0.2) is 11.4 Å². The predicted octanol–water partition coefficient (Wildman–Crippen LogP) is 5.46. The van der Waals surface area contributed by atoms with Gasteiger partial charge in [-0.2, -0.15) is 0 Å². The van der Waals surface area contributed by atoms with Crippen LogP contribution < -0.4 is 0 Å². The summed E-state index contributed by atoms with van der Waals surface area (Å²) in [5.74, 6) is 5.34. The van der Waals surface area contributed by atoms with Gasteiger partial charge < -0.3 is 10.8 Å². The van der Waals surface area contributed by atoms with E-state index in [0.29, 0.717) is 0 Å². The first-order chi connectivity index (χ1) is 11.5. The molecule has 8 aliphatic carbocycles. The molecular formula is C22H32N2. The maximum atomic E-state index is 9.18. The average molecular weight is 325 g/mol. The van der Waals surface area contributed by atoms with E-state index in [1.54, 1.807) is 0 Å². The first-order valence-electron chi connectivity index (χ1n) is 10.7. The summed E-state index contributed by atoms with van der Waals surface area (Å²) < 4.78 is 0. The third-order valence-corrected chi connectivity index (χ3v) is 9.39. The van der Waals surface area contributed by atoms with Crippen LogP contribution in [0.5, 0.6) is 0 Å². The minimum absolute atomic E-state index is 0.134. The van der Waals surface area contributed by atoms with Crippen molar-refractivity contribution < 1.29 is 0 Å². The van der Waals surface area contributed by atoms with E-state index in [9.17, 15) is 10.8 Å². The second-order valence-corrected chi connectivity index (χ2v) is 11.1. The van der Waals surface area contributed by atoms with Crippen LogP contribution in [0.25, 0.3) is 0 Å². The third-order valence-electron chi connectivity index (χ3n) is 9.39. The average Bonchev–Trinajstić information content (AvgIpc) is 2.51. The topological polar surface area (TPSA) is 47.7 Å². The van der Waals surface area contributed by atoms with E-state index in [4.69, 9.17) is 0 Å². The minimum atomic E-state index is 0.134. The molecule has 2 heteroatoms. The molecule has 0 radical (unpaired) electrons. The van der Waals surface area contributed by atoms with E-state index in [1.165, 1.54) is 77.0 Å². The predicted molar refractivity (Wildman–Crippen MR) is 96.7 cm³/mol. The van der Waals surface area contributed by atoms with Gasteiger partial charge in [-0.1, -0.05) is 0 Å². The second kappa shape index (κ2) is 4.54. The Balaban J connectivity index is 1.32. The Bertz CT molecular complexity index is 491. The highest BCUT2D eigenvalue weighted by molar-refractivity contribution is 6.43. The maximum absolute atomic E-state index is 9.18. The number of rotatable bonds is 3. The zero-order valence-electron chi connectivity index (χ0n) is 14.9. The van der Waals surface area contributed by atoms with E-state index in [2.05, 4.69) is 0 Å². The van der Waals surface area contributed by atoms with Gasteiger partial charge in [-0.3, -0.25) is 0 Å². The van der Waals surface area contributed by atoms with Gasteiger partial charge >= 0.3 is 0 Å². The molecule has 0 aromatic rings. The Hall–Kier alpha value is -0.660. The number of nitrogens with one attached hydrogen (secondary N) is 2. The molecule has 0 aliphatic heterocycles. The fraction of sp³-hybridized carbons (Fsp3) is 0.909. The van der Waals surface area contributed by atoms with Crippen LogP contribution in [0.3, 0.4) is 0 Å². The molecule has 0 aromatic carbocycles. The first-order valence-corrected chi connectivity index (χ1v) is 10.7. The first kappa shape index (κ1) is 14.5. The highest BCUT2D eigenvalue weighted by atomic mass is 14.7. The van der Waals surface area contributed by atoms with Crippen molar-refractivity contribution in [2.24, 2.45) is 46.3 Å². The van der Waals surface area contributed by atoms with Crippen molar-refractivity contribution in [1.29, 1.82) is 10.8 Å². The zero-order chi connectivity index (χ0) is 16.1. The summed E-state index contributed by atoms with van der Waals surface area (Å²) in [5.41, 5.74) is 1.94. The molecule has 8 fully saturated rings. The van der Waals surface area contributed by atoms with Gasteiger partial charge in [0, 0.05) is 10.8 Å². The number of hydrogen-bond donors (Lipinski definition) is 2. The molecule has 2 nitrogen and oxygen atoms in total. The fourth-order valence-corrected chi connectivity index (χ4v) is 9.36. The molecule has 0 atom stereocenters. The molecule has 0 spiro atoms. The van der Waals surface area contributed by atoms with Crippen LogP contribution in [0.4, 0.5) is 0 Å². The van der Waals surface area contributed by atoms with Gasteiger partial charge in [0.2, 0.25) is 0 Å². The van der Waals surface area contributed by atoms with Crippen LogP contribution in [0.15, 0.2) is 0 Å². The molecule has 0 heterocycles. The number of hydrogen-bond acceptors (Lipinski definition) is 2. The minimum Gasteiger partial charge on any atom is -0.303 e. The maximum Gasteiger partial charge on any atom is 0.0589 e. The van der Waals surface area contributed by atoms with Crippen molar-refractivity contribution >= 4 is 11.4 Å². The highest BCUT2D eigenvalue weighted by Gasteiger charge is 2.58. The van der Waals surface area contributed by atoms with E-state index in [1.807, 2.05) is 0 Å². The molecule has 0 unspecified atom stereocenters. The largest absolute Gasteiger partial charge is 0.303 e. The molecule has 8 rings (SSSR count). The smallest absolute Gasteiger partial charge is 0.0589 e. The van der Waals surface area contributed by atoms with Crippen molar-refractivity contribution in [3.05, 3.63) is 0 Å². The highest BCUT2D eigenvalue weighted by Crippen LogP contribution is 2.64. The molecule has 8 bridgehead atoms. The lowest BCUT2D eigenvalue weighted by molar-refractivity contribution is -0.0190. The van der Waals surface area contributed by atoms with E-state index in [0.717, 1.165) is 46.9 Å². The van der Waals surface area contributed by atoms with Crippen LogP contribution in [0.1, 0.15) is 77.0 Å². The summed E-state index contributed by atoms with van der Waals surface area (Å²) >= 11 is 0. The van der Waals surface area contributed by atoms with E-state index in [-0.39, 0.29) is 10.8 Å². The SMILES string of the molecule is N=C(C(=N)C12CC3CC(CC(C3)C1)C2)C12CC3CC(CC(C3)C1)C2. The van der Waals surface area contributed by atoms with Gasteiger partial charge in [-0.05, 0) is 113 Å². The van der Waals surface area contributed by atoms with Gasteiger partial charge in [0.1, 0.15) is 0 Å². The summed E-state index contributed by atoms with van der Waals surface area (Å²) in [5, 5.41) is 18.4. The standard InChI is InChI=1S/C22H32N2/c23-19(21-7-13-1-14(8-21)3-15(2-13)9-21)20(24)22-10-16-4-17(11-22)6-18(5-16)12-22/h13-18,23-24H,1-12H2.